The molecule has 0 heterocycles. The second-order valence-electron chi connectivity index (χ2n) is 4.53. The van der Waals surface area contributed by atoms with Crippen LogP contribution in [-0.4, -0.2) is 7.11 Å². The van der Waals surface area contributed by atoms with Gasteiger partial charge in [0.25, 0.3) is 0 Å². The minimum atomic E-state index is -0.0457. The van der Waals surface area contributed by atoms with Crippen molar-refractivity contribution in [3.8, 4) is 5.75 Å². The predicted molar refractivity (Wildman–Crippen MR) is 84.2 cm³/mol. The van der Waals surface area contributed by atoms with Gasteiger partial charge in [-0.05, 0) is 48.2 Å². The largest absolute Gasteiger partial charge is 0.496 e. The van der Waals surface area contributed by atoms with Crippen molar-refractivity contribution >= 4 is 27.5 Å². The lowest BCUT2D eigenvalue weighted by molar-refractivity contribution is 0.411. The van der Waals surface area contributed by atoms with E-state index in [1.165, 1.54) is 5.56 Å². The van der Waals surface area contributed by atoms with Crippen molar-refractivity contribution in [2.45, 2.75) is 18.7 Å². The highest BCUT2D eigenvalue weighted by molar-refractivity contribution is 9.10. The molecule has 0 spiro atoms. The molecule has 2 rings (SSSR count). The maximum atomic E-state index is 6.49. The van der Waals surface area contributed by atoms with E-state index in [9.17, 15) is 0 Å². The van der Waals surface area contributed by atoms with Crippen molar-refractivity contribution in [1.29, 1.82) is 0 Å². The average Bonchev–Trinajstić information content (AvgIpc) is 2.42. The van der Waals surface area contributed by atoms with Gasteiger partial charge < -0.3 is 4.74 Å². The fourth-order valence-electron chi connectivity index (χ4n) is 1.98. The summed E-state index contributed by atoms with van der Waals surface area (Å²) >= 11 is 9.93. The summed E-state index contributed by atoms with van der Waals surface area (Å²) in [5.41, 5.74) is 3.44. The summed E-state index contributed by atoms with van der Waals surface area (Å²) in [4.78, 5) is 0. The van der Waals surface area contributed by atoms with Crippen LogP contribution in [-0.2, 0) is 6.42 Å². The first-order valence-electron chi connectivity index (χ1n) is 6.13. The zero-order valence-corrected chi connectivity index (χ0v) is 13.3. The molecule has 100 valence electrons. The van der Waals surface area contributed by atoms with Crippen molar-refractivity contribution in [2.24, 2.45) is 0 Å². The molecule has 0 saturated carbocycles. The van der Waals surface area contributed by atoms with E-state index >= 15 is 0 Å². The van der Waals surface area contributed by atoms with Crippen LogP contribution in [0, 0.1) is 6.92 Å². The van der Waals surface area contributed by atoms with Crippen LogP contribution in [0.1, 0.15) is 22.1 Å². The van der Waals surface area contributed by atoms with Gasteiger partial charge in [0.2, 0.25) is 0 Å². The third-order valence-electron chi connectivity index (χ3n) is 3.12. The van der Waals surface area contributed by atoms with Crippen LogP contribution < -0.4 is 4.74 Å². The van der Waals surface area contributed by atoms with Gasteiger partial charge in [0.15, 0.2) is 0 Å². The molecular weight excluding hydrogens is 324 g/mol. The second kappa shape index (κ2) is 6.44. The van der Waals surface area contributed by atoms with E-state index in [0.717, 1.165) is 27.8 Å². The van der Waals surface area contributed by atoms with E-state index in [1.807, 2.05) is 31.2 Å². The first-order chi connectivity index (χ1) is 9.10. The highest BCUT2D eigenvalue weighted by Crippen LogP contribution is 2.29. The molecular formula is C16H16BrClO. The number of ether oxygens (including phenoxy) is 1. The molecule has 0 aliphatic rings. The van der Waals surface area contributed by atoms with Crippen LogP contribution in [0.4, 0.5) is 0 Å². The fourth-order valence-corrected chi connectivity index (χ4v) is 2.55. The van der Waals surface area contributed by atoms with Crippen molar-refractivity contribution < 1.29 is 4.74 Å². The van der Waals surface area contributed by atoms with Gasteiger partial charge in [0, 0.05) is 4.47 Å². The van der Waals surface area contributed by atoms with E-state index < -0.39 is 0 Å². The molecule has 1 atom stereocenters. The van der Waals surface area contributed by atoms with Gasteiger partial charge in [-0.15, -0.1) is 11.6 Å². The Morgan fingerprint density at radius 2 is 1.84 bits per heavy atom. The summed E-state index contributed by atoms with van der Waals surface area (Å²) in [6, 6.07) is 14.4. The third-order valence-corrected chi connectivity index (χ3v) is 4.06. The number of halogens is 2. The van der Waals surface area contributed by atoms with Gasteiger partial charge in [-0.2, -0.15) is 0 Å². The fraction of sp³-hybridized carbons (Fsp3) is 0.250. The molecule has 0 aromatic heterocycles. The molecule has 0 aliphatic carbocycles. The van der Waals surface area contributed by atoms with E-state index in [2.05, 4.69) is 34.1 Å². The second-order valence-corrected chi connectivity index (χ2v) is 5.97. The van der Waals surface area contributed by atoms with Gasteiger partial charge in [-0.1, -0.05) is 40.2 Å². The Bertz CT molecular complexity index is 551. The van der Waals surface area contributed by atoms with Gasteiger partial charge in [-0.3, -0.25) is 0 Å². The Balaban J connectivity index is 2.15. The molecule has 0 aliphatic heterocycles. The number of benzene rings is 2. The molecule has 2 aromatic rings. The standard InChI is InChI=1S/C16H16BrClO/c1-11-3-6-13(10-16(11)19-2)15(18)9-12-4-7-14(17)8-5-12/h3-8,10,15H,9H2,1-2H3. The summed E-state index contributed by atoms with van der Waals surface area (Å²) in [6.07, 6.45) is 0.807. The number of hydrogen-bond acceptors (Lipinski definition) is 1. The molecule has 0 saturated heterocycles. The number of rotatable bonds is 4. The molecule has 1 unspecified atom stereocenters. The van der Waals surface area contributed by atoms with Gasteiger partial charge in [0.1, 0.15) is 5.75 Å². The number of aryl methyl sites for hydroxylation is 1. The molecule has 0 fully saturated rings. The molecule has 3 heteroatoms. The normalized spacial score (nSPS) is 12.2. The van der Waals surface area contributed by atoms with Gasteiger partial charge in [0.05, 0.1) is 12.5 Å². The number of alkyl halides is 1. The zero-order chi connectivity index (χ0) is 13.8. The maximum absolute atomic E-state index is 6.49. The lowest BCUT2D eigenvalue weighted by atomic mass is 10.0. The van der Waals surface area contributed by atoms with Crippen molar-refractivity contribution in [3.63, 3.8) is 0 Å². The topological polar surface area (TPSA) is 9.23 Å². The Hall–Kier alpha value is -0.990. The SMILES string of the molecule is COc1cc(C(Cl)Cc2ccc(Br)cc2)ccc1C. The Labute approximate surface area is 127 Å². The quantitative estimate of drug-likeness (QED) is 0.688. The Morgan fingerprint density at radius 1 is 1.16 bits per heavy atom. The predicted octanol–water partition coefficient (Wildman–Crippen LogP) is 5.29. The molecule has 0 N–H and O–H groups in total. The van der Waals surface area contributed by atoms with Crippen LogP contribution in [0.15, 0.2) is 46.9 Å². The summed E-state index contributed by atoms with van der Waals surface area (Å²) < 4.78 is 6.42. The minimum absolute atomic E-state index is 0.0457. The lowest BCUT2D eigenvalue weighted by Gasteiger charge is -2.13. The van der Waals surface area contributed by atoms with Crippen LogP contribution in [0.25, 0.3) is 0 Å². The first kappa shape index (κ1) is 14.4. The highest BCUT2D eigenvalue weighted by atomic mass is 79.9. The summed E-state index contributed by atoms with van der Waals surface area (Å²) in [7, 11) is 1.68. The molecule has 2 aromatic carbocycles. The monoisotopic (exact) mass is 338 g/mol. The summed E-state index contributed by atoms with van der Waals surface area (Å²) in [6.45, 7) is 2.03. The van der Waals surface area contributed by atoms with Crippen LogP contribution in [0.2, 0.25) is 0 Å². The van der Waals surface area contributed by atoms with Gasteiger partial charge >= 0.3 is 0 Å². The third kappa shape index (κ3) is 3.74. The first-order valence-corrected chi connectivity index (χ1v) is 7.36. The van der Waals surface area contributed by atoms with E-state index in [4.69, 9.17) is 16.3 Å². The molecule has 0 bridgehead atoms. The minimum Gasteiger partial charge on any atom is -0.496 e. The van der Waals surface area contributed by atoms with E-state index in [0.29, 0.717) is 0 Å². The lowest BCUT2D eigenvalue weighted by Crippen LogP contribution is -1.97. The van der Waals surface area contributed by atoms with Crippen LogP contribution in [0.5, 0.6) is 5.75 Å². The maximum Gasteiger partial charge on any atom is 0.122 e. The number of hydrogen-bond donors (Lipinski definition) is 0. The van der Waals surface area contributed by atoms with E-state index in [-0.39, 0.29) is 5.38 Å². The van der Waals surface area contributed by atoms with Gasteiger partial charge in [-0.25, -0.2) is 0 Å². The summed E-state index contributed by atoms with van der Waals surface area (Å²) in [5.74, 6) is 0.888. The molecule has 0 amide bonds. The number of methoxy groups -OCH3 is 1. The Kier molecular flexibility index (Phi) is 4.89. The smallest absolute Gasteiger partial charge is 0.122 e. The molecule has 19 heavy (non-hydrogen) atoms. The zero-order valence-electron chi connectivity index (χ0n) is 11.0. The van der Waals surface area contributed by atoms with E-state index in [1.54, 1.807) is 7.11 Å². The highest BCUT2D eigenvalue weighted by Gasteiger charge is 2.11. The van der Waals surface area contributed by atoms with Crippen molar-refractivity contribution in [1.82, 2.24) is 0 Å². The Morgan fingerprint density at radius 3 is 2.47 bits per heavy atom. The van der Waals surface area contributed by atoms with Crippen LogP contribution >= 0.6 is 27.5 Å². The molecule has 1 nitrogen and oxygen atoms in total. The van der Waals surface area contributed by atoms with Crippen molar-refractivity contribution in [3.05, 3.63) is 63.6 Å². The molecule has 0 radical (unpaired) electrons. The van der Waals surface area contributed by atoms with Crippen LogP contribution in [0.3, 0.4) is 0 Å². The van der Waals surface area contributed by atoms with Crippen molar-refractivity contribution in [2.75, 3.05) is 7.11 Å². The average molecular weight is 340 g/mol. The summed E-state index contributed by atoms with van der Waals surface area (Å²) in [5, 5.41) is -0.0457.